The maximum Gasteiger partial charge on any atom is 0.211 e. The summed E-state index contributed by atoms with van der Waals surface area (Å²) < 4.78 is 24.2. The second-order valence-electron chi connectivity index (χ2n) is 4.57. The first kappa shape index (κ1) is 13.3. The topological polar surface area (TPSA) is 60.9 Å². The van der Waals surface area contributed by atoms with Crippen molar-refractivity contribution in [1.82, 2.24) is 9.21 Å². The number of phenolic OH excluding ortho intramolecular Hbond substituents is 1. The summed E-state index contributed by atoms with van der Waals surface area (Å²) in [6, 6.07) is 7.24. The number of phenols is 1. The third-order valence-electron chi connectivity index (χ3n) is 3.19. The Hall–Kier alpha value is -1.11. The highest BCUT2D eigenvalue weighted by atomic mass is 32.2. The zero-order valence-corrected chi connectivity index (χ0v) is 11.2. The number of nitrogens with zero attached hydrogens (tertiary/aromatic N) is 2. The molecule has 0 aromatic heterocycles. The first-order valence-electron chi connectivity index (χ1n) is 5.91. The molecule has 2 rings (SSSR count). The number of aromatic hydroxyl groups is 1. The van der Waals surface area contributed by atoms with Crippen molar-refractivity contribution in [2.75, 3.05) is 32.4 Å². The van der Waals surface area contributed by atoms with Crippen molar-refractivity contribution in [3.05, 3.63) is 29.8 Å². The summed E-state index contributed by atoms with van der Waals surface area (Å²) in [5.41, 5.74) is 0.880. The average molecular weight is 270 g/mol. The van der Waals surface area contributed by atoms with Crippen molar-refractivity contribution in [3.63, 3.8) is 0 Å². The lowest BCUT2D eigenvalue weighted by Crippen LogP contribution is -2.47. The van der Waals surface area contributed by atoms with Crippen molar-refractivity contribution < 1.29 is 13.5 Å². The number of sulfonamides is 1. The normalized spacial score (nSPS) is 18.9. The van der Waals surface area contributed by atoms with Crippen LogP contribution in [0.3, 0.4) is 0 Å². The van der Waals surface area contributed by atoms with E-state index in [2.05, 4.69) is 4.90 Å². The van der Waals surface area contributed by atoms with Gasteiger partial charge in [0.2, 0.25) is 10.0 Å². The summed E-state index contributed by atoms with van der Waals surface area (Å²) in [6.45, 7) is 3.09. The molecule has 5 nitrogen and oxygen atoms in total. The van der Waals surface area contributed by atoms with Crippen molar-refractivity contribution in [1.29, 1.82) is 0 Å². The number of hydrogen-bond acceptors (Lipinski definition) is 4. The van der Waals surface area contributed by atoms with Gasteiger partial charge in [-0.25, -0.2) is 8.42 Å². The Labute approximate surface area is 108 Å². The Morgan fingerprint density at radius 1 is 1.17 bits per heavy atom. The fraction of sp³-hybridized carbons (Fsp3) is 0.500. The molecule has 0 atom stereocenters. The van der Waals surface area contributed by atoms with E-state index in [9.17, 15) is 13.5 Å². The number of rotatable bonds is 3. The van der Waals surface area contributed by atoms with Crippen LogP contribution in [-0.4, -0.2) is 55.2 Å². The van der Waals surface area contributed by atoms with Crippen LogP contribution < -0.4 is 0 Å². The molecule has 0 amide bonds. The van der Waals surface area contributed by atoms with Gasteiger partial charge < -0.3 is 5.11 Å². The third kappa shape index (κ3) is 3.22. The molecular formula is C12H18N2O3S. The van der Waals surface area contributed by atoms with Gasteiger partial charge >= 0.3 is 0 Å². The van der Waals surface area contributed by atoms with Gasteiger partial charge in [0.1, 0.15) is 5.75 Å². The van der Waals surface area contributed by atoms with Gasteiger partial charge in [-0.2, -0.15) is 4.31 Å². The molecule has 1 aliphatic heterocycles. The molecule has 0 aliphatic carbocycles. The molecule has 18 heavy (non-hydrogen) atoms. The molecule has 1 fully saturated rings. The van der Waals surface area contributed by atoms with Gasteiger partial charge in [0.15, 0.2) is 0 Å². The summed E-state index contributed by atoms with van der Waals surface area (Å²) in [5.74, 6) is 0.294. The Balaban J connectivity index is 1.94. The lowest BCUT2D eigenvalue weighted by atomic mass is 10.2. The van der Waals surface area contributed by atoms with E-state index in [1.54, 1.807) is 12.1 Å². The van der Waals surface area contributed by atoms with Crippen LogP contribution in [0.4, 0.5) is 0 Å². The molecule has 0 bridgehead atoms. The largest absolute Gasteiger partial charge is 0.508 e. The minimum absolute atomic E-state index is 0.294. The third-order valence-corrected chi connectivity index (χ3v) is 4.49. The first-order valence-corrected chi connectivity index (χ1v) is 7.76. The zero-order chi connectivity index (χ0) is 13.2. The fourth-order valence-electron chi connectivity index (χ4n) is 2.10. The second kappa shape index (κ2) is 5.26. The standard InChI is InChI=1S/C12H18N2O3S/c1-18(16,17)14-8-6-13(7-9-14)10-11-4-2-3-5-12(11)15/h2-5,15H,6-10H2,1H3. The first-order chi connectivity index (χ1) is 8.47. The predicted molar refractivity (Wildman–Crippen MR) is 69.8 cm³/mol. The molecule has 1 aromatic carbocycles. The monoisotopic (exact) mass is 270 g/mol. The highest BCUT2D eigenvalue weighted by Crippen LogP contribution is 2.18. The summed E-state index contributed by atoms with van der Waals surface area (Å²) >= 11 is 0. The number of para-hydroxylation sites is 1. The SMILES string of the molecule is CS(=O)(=O)N1CCN(Cc2ccccc2O)CC1. The van der Waals surface area contributed by atoms with E-state index in [0.29, 0.717) is 38.5 Å². The minimum Gasteiger partial charge on any atom is -0.508 e. The van der Waals surface area contributed by atoms with E-state index in [4.69, 9.17) is 0 Å². The molecule has 0 saturated carbocycles. The minimum atomic E-state index is -3.07. The smallest absolute Gasteiger partial charge is 0.211 e. The molecule has 1 saturated heterocycles. The lowest BCUT2D eigenvalue weighted by molar-refractivity contribution is 0.180. The van der Waals surface area contributed by atoms with E-state index >= 15 is 0 Å². The van der Waals surface area contributed by atoms with Gasteiger partial charge in [-0.15, -0.1) is 0 Å². The van der Waals surface area contributed by atoms with Gasteiger partial charge in [-0.3, -0.25) is 4.90 Å². The maximum atomic E-state index is 11.4. The Kier molecular flexibility index (Phi) is 3.89. The molecule has 1 aliphatic rings. The van der Waals surface area contributed by atoms with Crippen LogP contribution in [0.15, 0.2) is 24.3 Å². The Morgan fingerprint density at radius 3 is 2.33 bits per heavy atom. The number of piperazine rings is 1. The summed E-state index contributed by atoms with van der Waals surface area (Å²) in [6.07, 6.45) is 1.24. The maximum absolute atomic E-state index is 11.4. The summed E-state index contributed by atoms with van der Waals surface area (Å²) in [7, 11) is -3.07. The highest BCUT2D eigenvalue weighted by Gasteiger charge is 2.23. The molecule has 100 valence electrons. The van der Waals surface area contributed by atoms with Crippen LogP contribution >= 0.6 is 0 Å². The molecule has 1 heterocycles. The zero-order valence-electron chi connectivity index (χ0n) is 10.4. The van der Waals surface area contributed by atoms with Crippen molar-refractivity contribution in [3.8, 4) is 5.75 Å². The van der Waals surface area contributed by atoms with Gasteiger partial charge in [0.05, 0.1) is 6.26 Å². The molecule has 0 spiro atoms. The molecule has 0 unspecified atom stereocenters. The molecule has 0 radical (unpaired) electrons. The van der Waals surface area contributed by atoms with Crippen LogP contribution in [0, 0.1) is 0 Å². The second-order valence-corrected chi connectivity index (χ2v) is 6.55. The van der Waals surface area contributed by atoms with E-state index in [0.717, 1.165) is 5.56 Å². The van der Waals surface area contributed by atoms with Crippen LogP contribution in [0.1, 0.15) is 5.56 Å². The van der Waals surface area contributed by atoms with E-state index in [1.165, 1.54) is 10.6 Å². The highest BCUT2D eigenvalue weighted by molar-refractivity contribution is 7.88. The van der Waals surface area contributed by atoms with Gasteiger partial charge in [-0.05, 0) is 6.07 Å². The van der Waals surface area contributed by atoms with E-state index in [1.807, 2.05) is 12.1 Å². The summed E-state index contributed by atoms with van der Waals surface area (Å²) in [4.78, 5) is 2.15. The van der Waals surface area contributed by atoms with Crippen LogP contribution in [-0.2, 0) is 16.6 Å². The fourth-order valence-corrected chi connectivity index (χ4v) is 2.93. The van der Waals surface area contributed by atoms with E-state index in [-0.39, 0.29) is 0 Å². The average Bonchev–Trinajstić information content (AvgIpc) is 2.32. The lowest BCUT2D eigenvalue weighted by Gasteiger charge is -2.33. The number of hydrogen-bond donors (Lipinski definition) is 1. The van der Waals surface area contributed by atoms with Crippen LogP contribution in [0.25, 0.3) is 0 Å². The van der Waals surface area contributed by atoms with Crippen LogP contribution in [0.5, 0.6) is 5.75 Å². The molecular weight excluding hydrogens is 252 g/mol. The molecule has 1 aromatic rings. The van der Waals surface area contributed by atoms with Crippen molar-refractivity contribution in [2.45, 2.75) is 6.54 Å². The molecule has 1 N–H and O–H groups in total. The van der Waals surface area contributed by atoms with Gasteiger partial charge in [0, 0.05) is 38.3 Å². The predicted octanol–water partition coefficient (Wildman–Crippen LogP) is 0.469. The Bertz CT molecular complexity index is 508. The van der Waals surface area contributed by atoms with Gasteiger partial charge in [-0.1, -0.05) is 18.2 Å². The summed E-state index contributed by atoms with van der Waals surface area (Å²) in [5, 5.41) is 9.69. The van der Waals surface area contributed by atoms with Gasteiger partial charge in [0.25, 0.3) is 0 Å². The van der Waals surface area contributed by atoms with E-state index < -0.39 is 10.0 Å². The molecule has 6 heteroatoms. The van der Waals surface area contributed by atoms with Crippen molar-refractivity contribution in [2.24, 2.45) is 0 Å². The Morgan fingerprint density at radius 2 is 1.78 bits per heavy atom. The van der Waals surface area contributed by atoms with Crippen LogP contribution in [0.2, 0.25) is 0 Å². The quantitative estimate of drug-likeness (QED) is 0.867. The van der Waals surface area contributed by atoms with Crippen molar-refractivity contribution >= 4 is 10.0 Å². The number of benzene rings is 1.